The van der Waals surface area contributed by atoms with Crippen molar-refractivity contribution in [1.82, 2.24) is 4.98 Å². The molecule has 110 valence electrons. The van der Waals surface area contributed by atoms with Crippen LogP contribution in [0, 0.1) is 0 Å². The van der Waals surface area contributed by atoms with Crippen molar-refractivity contribution >= 4 is 0 Å². The monoisotopic (exact) mass is 289 g/mol. The molecule has 0 saturated carbocycles. The van der Waals surface area contributed by atoms with Crippen LogP contribution in [0.5, 0.6) is 0 Å². The standard InChI is InChI=1S/C20H19NO/c1-20(22,17-12-6-3-7-13-17)19(16-10-4-2-5-11-16)18-14-8-9-15-21-18/h2-15,19,22H,1H3/t19-,20+/m0/s1. The van der Waals surface area contributed by atoms with Crippen LogP contribution in [0.4, 0.5) is 0 Å². The molecule has 0 aliphatic carbocycles. The second-order valence-electron chi connectivity index (χ2n) is 5.61. The molecule has 2 aromatic carbocycles. The zero-order valence-electron chi connectivity index (χ0n) is 12.6. The van der Waals surface area contributed by atoms with E-state index in [-0.39, 0.29) is 5.92 Å². The molecule has 2 atom stereocenters. The summed E-state index contributed by atoms with van der Waals surface area (Å²) in [6.07, 6.45) is 1.77. The molecule has 22 heavy (non-hydrogen) atoms. The van der Waals surface area contributed by atoms with E-state index >= 15 is 0 Å². The van der Waals surface area contributed by atoms with Crippen molar-refractivity contribution in [3.05, 3.63) is 102 Å². The first kappa shape index (κ1) is 14.5. The van der Waals surface area contributed by atoms with Crippen LogP contribution in [-0.4, -0.2) is 10.1 Å². The lowest BCUT2D eigenvalue weighted by atomic mass is 9.76. The predicted molar refractivity (Wildman–Crippen MR) is 88.5 cm³/mol. The summed E-state index contributed by atoms with van der Waals surface area (Å²) in [5.41, 5.74) is 1.75. The Labute approximate surface area is 131 Å². The van der Waals surface area contributed by atoms with E-state index in [0.717, 1.165) is 16.8 Å². The average molecular weight is 289 g/mol. The van der Waals surface area contributed by atoms with Crippen LogP contribution in [0.15, 0.2) is 85.1 Å². The van der Waals surface area contributed by atoms with Crippen molar-refractivity contribution in [1.29, 1.82) is 0 Å². The normalized spacial score (nSPS) is 15.0. The fourth-order valence-electron chi connectivity index (χ4n) is 2.92. The van der Waals surface area contributed by atoms with E-state index in [1.807, 2.05) is 85.8 Å². The molecule has 3 aromatic rings. The van der Waals surface area contributed by atoms with Gasteiger partial charge in [-0.25, -0.2) is 0 Å². The third-order valence-electron chi connectivity index (χ3n) is 4.04. The highest BCUT2D eigenvalue weighted by Gasteiger charge is 2.36. The molecular formula is C20H19NO. The van der Waals surface area contributed by atoms with E-state index in [2.05, 4.69) is 4.98 Å². The van der Waals surface area contributed by atoms with Crippen molar-refractivity contribution in [2.24, 2.45) is 0 Å². The maximum Gasteiger partial charge on any atom is 0.0992 e. The summed E-state index contributed by atoms with van der Waals surface area (Å²) in [4.78, 5) is 4.49. The summed E-state index contributed by atoms with van der Waals surface area (Å²) in [6.45, 7) is 1.86. The first-order valence-electron chi connectivity index (χ1n) is 7.43. The zero-order valence-corrected chi connectivity index (χ0v) is 12.6. The highest BCUT2D eigenvalue weighted by molar-refractivity contribution is 5.37. The number of pyridine rings is 1. The van der Waals surface area contributed by atoms with Gasteiger partial charge in [0.25, 0.3) is 0 Å². The quantitative estimate of drug-likeness (QED) is 0.783. The number of aromatic nitrogens is 1. The SMILES string of the molecule is C[C@@](O)(c1ccccc1)[C@@H](c1ccccc1)c1ccccn1. The summed E-state index contributed by atoms with van der Waals surface area (Å²) < 4.78 is 0. The Morgan fingerprint density at radius 3 is 2.00 bits per heavy atom. The maximum atomic E-state index is 11.3. The molecule has 0 saturated heterocycles. The van der Waals surface area contributed by atoms with Gasteiger partial charge in [0.05, 0.1) is 17.2 Å². The molecule has 0 unspecified atom stereocenters. The third-order valence-corrected chi connectivity index (χ3v) is 4.04. The fraction of sp³-hybridized carbons (Fsp3) is 0.150. The van der Waals surface area contributed by atoms with E-state index in [1.165, 1.54) is 0 Å². The largest absolute Gasteiger partial charge is 0.384 e. The Kier molecular flexibility index (Phi) is 4.03. The molecule has 0 spiro atoms. The Balaban J connectivity index is 2.14. The van der Waals surface area contributed by atoms with Gasteiger partial charge >= 0.3 is 0 Å². The molecule has 0 fully saturated rings. The lowest BCUT2D eigenvalue weighted by molar-refractivity contribution is 0.0380. The molecule has 2 heteroatoms. The molecule has 2 nitrogen and oxygen atoms in total. The minimum atomic E-state index is -1.04. The average Bonchev–Trinajstić information content (AvgIpc) is 2.58. The van der Waals surface area contributed by atoms with Gasteiger partial charge in [-0.05, 0) is 30.2 Å². The molecule has 0 aliphatic heterocycles. The minimum Gasteiger partial charge on any atom is -0.384 e. The van der Waals surface area contributed by atoms with Crippen molar-refractivity contribution in [3.63, 3.8) is 0 Å². The van der Waals surface area contributed by atoms with Crippen molar-refractivity contribution in [3.8, 4) is 0 Å². The minimum absolute atomic E-state index is 0.225. The highest BCUT2D eigenvalue weighted by atomic mass is 16.3. The van der Waals surface area contributed by atoms with Gasteiger partial charge in [-0.1, -0.05) is 66.7 Å². The first-order valence-corrected chi connectivity index (χ1v) is 7.43. The van der Waals surface area contributed by atoms with E-state index in [9.17, 15) is 5.11 Å². The van der Waals surface area contributed by atoms with Crippen LogP contribution in [-0.2, 0) is 5.60 Å². The van der Waals surface area contributed by atoms with E-state index in [0.29, 0.717) is 0 Å². The van der Waals surface area contributed by atoms with Crippen molar-refractivity contribution in [2.75, 3.05) is 0 Å². The van der Waals surface area contributed by atoms with E-state index < -0.39 is 5.60 Å². The molecule has 1 aromatic heterocycles. The second-order valence-corrected chi connectivity index (χ2v) is 5.61. The van der Waals surface area contributed by atoms with Crippen LogP contribution < -0.4 is 0 Å². The van der Waals surface area contributed by atoms with Gasteiger partial charge in [0.1, 0.15) is 0 Å². The van der Waals surface area contributed by atoms with E-state index in [4.69, 9.17) is 0 Å². The van der Waals surface area contributed by atoms with Gasteiger partial charge in [-0.3, -0.25) is 4.98 Å². The van der Waals surface area contributed by atoms with Crippen molar-refractivity contribution < 1.29 is 5.11 Å². The first-order chi connectivity index (χ1) is 10.7. The lowest BCUT2D eigenvalue weighted by Gasteiger charge is -2.33. The molecule has 3 rings (SSSR count). The second kappa shape index (κ2) is 6.12. The van der Waals surface area contributed by atoms with Gasteiger partial charge in [0, 0.05) is 6.20 Å². The number of rotatable bonds is 4. The number of hydrogen-bond donors (Lipinski definition) is 1. The smallest absolute Gasteiger partial charge is 0.0992 e. The van der Waals surface area contributed by atoms with Crippen LogP contribution >= 0.6 is 0 Å². The van der Waals surface area contributed by atoms with Crippen molar-refractivity contribution in [2.45, 2.75) is 18.4 Å². The summed E-state index contributed by atoms with van der Waals surface area (Å²) >= 11 is 0. The Morgan fingerprint density at radius 2 is 1.41 bits per heavy atom. The van der Waals surface area contributed by atoms with Gasteiger partial charge in [-0.15, -0.1) is 0 Å². The van der Waals surface area contributed by atoms with Gasteiger partial charge < -0.3 is 5.11 Å². The Morgan fingerprint density at radius 1 is 0.818 bits per heavy atom. The van der Waals surface area contributed by atoms with Crippen LogP contribution in [0.2, 0.25) is 0 Å². The number of benzene rings is 2. The Bertz CT molecular complexity index is 669. The summed E-state index contributed by atoms with van der Waals surface area (Å²) in [6, 6.07) is 25.6. The summed E-state index contributed by atoms with van der Waals surface area (Å²) in [5.74, 6) is -0.225. The van der Waals surface area contributed by atoms with Crippen LogP contribution in [0.25, 0.3) is 0 Å². The fourth-order valence-corrected chi connectivity index (χ4v) is 2.92. The van der Waals surface area contributed by atoms with Gasteiger partial charge in [-0.2, -0.15) is 0 Å². The predicted octanol–water partition coefficient (Wildman–Crippen LogP) is 4.12. The molecule has 0 amide bonds. The topological polar surface area (TPSA) is 33.1 Å². The van der Waals surface area contributed by atoms with Crippen LogP contribution in [0.3, 0.4) is 0 Å². The summed E-state index contributed by atoms with van der Waals surface area (Å²) in [7, 11) is 0. The zero-order chi connectivity index (χ0) is 15.4. The summed E-state index contributed by atoms with van der Waals surface area (Å²) in [5, 5.41) is 11.3. The third kappa shape index (κ3) is 2.78. The number of aliphatic hydroxyl groups is 1. The Hall–Kier alpha value is -2.45. The number of hydrogen-bond acceptors (Lipinski definition) is 2. The molecule has 1 heterocycles. The molecule has 0 aliphatic rings. The van der Waals surface area contributed by atoms with Crippen LogP contribution in [0.1, 0.15) is 29.7 Å². The molecule has 0 radical (unpaired) electrons. The number of nitrogens with zero attached hydrogens (tertiary/aromatic N) is 1. The maximum absolute atomic E-state index is 11.3. The van der Waals surface area contributed by atoms with E-state index in [1.54, 1.807) is 6.20 Å². The molecule has 0 bridgehead atoms. The lowest BCUT2D eigenvalue weighted by Crippen LogP contribution is -2.31. The van der Waals surface area contributed by atoms with Gasteiger partial charge in [0.15, 0.2) is 0 Å². The molecular weight excluding hydrogens is 270 g/mol. The van der Waals surface area contributed by atoms with Gasteiger partial charge in [0.2, 0.25) is 0 Å². The molecule has 1 N–H and O–H groups in total. The highest BCUT2D eigenvalue weighted by Crippen LogP contribution is 2.40.